The fourth-order valence-electron chi connectivity index (χ4n) is 4.30. The lowest BCUT2D eigenvalue weighted by Gasteiger charge is -2.47. The average molecular weight is 367 g/mol. The van der Waals surface area contributed by atoms with E-state index in [1.165, 1.54) is 5.56 Å². The first-order valence-corrected chi connectivity index (χ1v) is 9.50. The van der Waals surface area contributed by atoms with Gasteiger partial charge in [-0.25, -0.2) is 4.79 Å². The van der Waals surface area contributed by atoms with Crippen LogP contribution in [0.1, 0.15) is 38.7 Å². The van der Waals surface area contributed by atoms with Crippen LogP contribution in [0, 0.1) is 0 Å². The monoisotopic (exact) mass is 367 g/mol. The highest BCUT2D eigenvalue weighted by Gasteiger charge is 2.46. The summed E-state index contributed by atoms with van der Waals surface area (Å²) in [5.41, 5.74) is 2.67. The van der Waals surface area contributed by atoms with Crippen LogP contribution < -0.4 is 10.2 Å². The van der Waals surface area contributed by atoms with Crippen molar-refractivity contribution in [1.29, 1.82) is 0 Å². The molecule has 6 nitrogen and oxygen atoms in total. The van der Waals surface area contributed by atoms with Gasteiger partial charge in [0.2, 0.25) is 5.91 Å². The number of furan rings is 1. The fourth-order valence-corrected chi connectivity index (χ4v) is 4.30. The van der Waals surface area contributed by atoms with Gasteiger partial charge in [-0.15, -0.1) is 0 Å². The Morgan fingerprint density at radius 2 is 1.93 bits per heavy atom. The summed E-state index contributed by atoms with van der Waals surface area (Å²) >= 11 is 0. The highest BCUT2D eigenvalue weighted by atomic mass is 16.3. The number of anilines is 2. The van der Waals surface area contributed by atoms with Crippen LogP contribution in [-0.2, 0) is 10.2 Å². The third-order valence-electron chi connectivity index (χ3n) is 5.64. The molecule has 27 heavy (non-hydrogen) atoms. The van der Waals surface area contributed by atoms with Crippen molar-refractivity contribution >= 4 is 23.3 Å². The molecule has 6 heteroatoms. The zero-order valence-corrected chi connectivity index (χ0v) is 15.8. The van der Waals surface area contributed by atoms with Crippen molar-refractivity contribution in [3.63, 3.8) is 0 Å². The summed E-state index contributed by atoms with van der Waals surface area (Å²) in [6.07, 6.45) is 5.22. The van der Waals surface area contributed by atoms with Crippen molar-refractivity contribution in [2.24, 2.45) is 0 Å². The van der Waals surface area contributed by atoms with Crippen molar-refractivity contribution in [1.82, 2.24) is 10.2 Å². The molecule has 3 heterocycles. The minimum atomic E-state index is -0.206. The highest BCUT2D eigenvalue weighted by molar-refractivity contribution is 6.04. The summed E-state index contributed by atoms with van der Waals surface area (Å²) in [6, 6.07) is 10.0. The summed E-state index contributed by atoms with van der Waals surface area (Å²) in [5.74, 6) is 0.0789. The third-order valence-corrected chi connectivity index (χ3v) is 5.64. The molecule has 142 valence electrons. The van der Waals surface area contributed by atoms with Crippen LogP contribution in [-0.4, -0.2) is 36.0 Å². The molecule has 1 saturated heterocycles. The Kier molecular flexibility index (Phi) is 4.42. The average Bonchev–Trinajstić information content (AvgIpc) is 3.16. The number of para-hydroxylation sites is 1. The minimum Gasteiger partial charge on any atom is -0.470 e. The molecule has 3 amide bonds. The Morgan fingerprint density at radius 1 is 1.19 bits per heavy atom. The van der Waals surface area contributed by atoms with E-state index in [4.69, 9.17) is 4.42 Å². The molecule has 1 fully saturated rings. The summed E-state index contributed by atoms with van der Waals surface area (Å²) in [4.78, 5) is 29.0. The maximum Gasteiger partial charge on any atom is 0.317 e. The number of hydrogen-bond donors (Lipinski definition) is 1. The molecule has 0 radical (unpaired) electrons. The van der Waals surface area contributed by atoms with Gasteiger partial charge in [0.15, 0.2) is 0 Å². The van der Waals surface area contributed by atoms with E-state index in [1.807, 2.05) is 43.0 Å². The summed E-state index contributed by atoms with van der Waals surface area (Å²) in [6.45, 7) is 5.24. The predicted octanol–water partition coefficient (Wildman–Crippen LogP) is 3.80. The Hall–Kier alpha value is -2.76. The lowest BCUT2D eigenvalue weighted by atomic mass is 9.67. The zero-order valence-electron chi connectivity index (χ0n) is 15.8. The number of rotatable bonds is 2. The van der Waals surface area contributed by atoms with Crippen molar-refractivity contribution in [2.45, 2.75) is 44.6 Å². The van der Waals surface area contributed by atoms with Crippen molar-refractivity contribution in [3.8, 4) is 0 Å². The largest absolute Gasteiger partial charge is 0.470 e. The highest BCUT2D eigenvalue weighted by Crippen LogP contribution is 2.48. The van der Waals surface area contributed by atoms with Gasteiger partial charge in [0.25, 0.3) is 0 Å². The van der Waals surface area contributed by atoms with Crippen LogP contribution in [0.2, 0.25) is 0 Å². The van der Waals surface area contributed by atoms with Gasteiger partial charge < -0.3 is 14.6 Å². The number of urea groups is 1. The van der Waals surface area contributed by atoms with Gasteiger partial charge in [-0.3, -0.25) is 9.69 Å². The van der Waals surface area contributed by atoms with Crippen molar-refractivity contribution < 1.29 is 14.0 Å². The first kappa shape index (κ1) is 17.6. The molecule has 1 aromatic heterocycles. The summed E-state index contributed by atoms with van der Waals surface area (Å²) in [5, 5.41) is 2.96. The first-order valence-electron chi connectivity index (χ1n) is 9.50. The minimum absolute atomic E-state index is 0.0182. The SMILES string of the molecule is CC(C)NC(=O)N1CCC2(CC1)CC(=O)N(c1ccoc1)c1ccccc12. The number of carbonyl (C=O) groups is 2. The maximum absolute atomic E-state index is 13.1. The Balaban J connectivity index is 1.62. The van der Waals surface area contributed by atoms with Crippen LogP contribution in [0.25, 0.3) is 0 Å². The topological polar surface area (TPSA) is 65.8 Å². The quantitative estimate of drug-likeness (QED) is 0.878. The summed E-state index contributed by atoms with van der Waals surface area (Å²) in [7, 11) is 0. The normalized spacial score (nSPS) is 18.7. The van der Waals surface area contributed by atoms with E-state index in [9.17, 15) is 9.59 Å². The van der Waals surface area contributed by atoms with Gasteiger partial charge in [0.1, 0.15) is 6.26 Å². The molecule has 0 aliphatic carbocycles. The molecule has 2 aliphatic rings. The predicted molar refractivity (Wildman–Crippen MR) is 103 cm³/mol. The first-order chi connectivity index (χ1) is 13.0. The Bertz CT molecular complexity index is 836. The molecule has 2 aliphatic heterocycles. The number of hydrogen-bond acceptors (Lipinski definition) is 3. The molecular formula is C21H25N3O3. The van der Waals surface area contributed by atoms with E-state index in [0.29, 0.717) is 19.5 Å². The number of benzene rings is 1. The Labute approximate surface area is 159 Å². The van der Waals surface area contributed by atoms with Crippen molar-refractivity contribution in [2.75, 3.05) is 18.0 Å². The van der Waals surface area contributed by atoms with Crippen LogP contribution in [0.3, 0.4) is 0 Å². The number of amides is 3. The molecule has 4 rings (SSSR count). The van der Waals surface area contributed by atoms with Crippen LogP contribution >= 0.6 is 0 Å². The van der Waals surface area contributed by atoms with Gasteiger partial charge in [-0.2, -0.15) is 0 Å². The number of piperidine rings is 1. The van der Waals surface area contributed by atoms with Gasteiger partial charge in [0, 0.05) is 37.0 Å². The Morgan fingerprint density at radius 3 is 2.59 bits per heavy atom. The lowest BCUT2D eigenvalue weighted by Crippen LogP contribution is -2.52. The second-order valence-electron chi connectivity index (χ2n) is 7.78. The standard InChI is InChI=1S/C21H25N3O3/c1-15(2)22-20(26)23-10-8-21(9-11-23)13-19(25)24(16-7-12-27-14-16)18-6-4-3-5-17(18)21/h3-7,12,14-15H,8-11,13H2,1-2H3,(H,22,26). The number of likely N-dealkylation sites (tertiary alicyclic amines) is 1. The number of nitrogens with one attached hydrogen (secondary N) is 1. The maximum atomic E-state index is 13.1. The van der Waals surface area contributed by atoms with Gasteiger partial charge in [0.05, 0.1) is 17.6 Å². The molecule has 1 aromatic carbocycles. The molecular weight excluding hydrogens is 342 g/mol. The molecule has 0 atom stereocenters. The molecule has 1 N–H and O–H groups in total. The summed E-state index contributed by atoms with van der Waals surface area (Å²) < 4.78 is 5.20. The molecule has 0 unspecified atom stereocenters. The van der Waals surface area contributed by atoms with Crippen LogP contribution in [0.15, 0.2) is 47.3 Å². The fraction of sp³-hybridized carbons (Fsp3) is 0.429. The van der Waals surface area contributed by atoms with E-state index in [0.717, 1.165) is 24.2 Å². The molecule has 2 aromatic rings. The second kappa shape index (κ2) is 6.76. The smallest absolute Gasteiger partial charge is 0.317 e. The van der Waals surface area contributed by atoms with Gasteiger partial charge in [-0.05, 0) is 38.3 Å². The van der Waals surface area contributed by atoms with E-state index < -0.39 is 0 Å². The third kappa shape index (κ3) is 3.09. The van der Waals surface area contributed by atoms with Crippen LogP contribution in [0.4, 0.5) is 16.2 Å². The van der Waals surface area contributed by atoms with Gasteiger partial charge in [-0.1, -0.05) is 18.2 Å². The number of fused-ring (bicyclic) bond motifs is 2. The zero-order chi connectivity index (χ0) is 19.0. The second-order valence-corrected chi connectivity index (χ2v) is 7.78. The van der Waals surface area contributed by atoms with Crippen LogP contribution in [0.5, 0.6) is 0 Å². The van der Waals surface area contributed by atoms with E-state index in [2.05, 4.69) is 11.4 Å². The number of carbonyl (C=O) groups excluding carboxylic acids is 2. The molecule has 0 bridgehead atoms. The molecule has 0 saturated carbocycles. The van der Waals surface area contributed by atoms with E-state index in [-0.39, 0.29) is 23.4 Å². The molecule has 1 spiro atoms. The van der Waals surface area contributed by atoms with Crippen molar-refractivity contribution in [3.05, 3.63) is 48.4 Å². The van der Waals surface area contributed by atoms with E-state index in [1.54, 1.807) is 17.4 Å². The lowest BCUT2D eigenvalue weighted by molar-refractivity contribution is -0.120. The number of nitrogens with zero attached hydrogens (tertiary/aromatic N) is 2. The van der Waals surface area contributed by atoms with Gasteiger partial charge >= 0.3 is 6.03 Å². The van der Waals surface area contributed by atoms with E-state index >= 15 is 0 Å².